The molecule has 1 aliphatic rings. The second-order valence-corrected chi connectivity index (χ2v) is 12.3. The number of hydrogen-bond acceptors (Lipinski definition) is 6. The average Bonchev–Trinajstić information content (AvgIpc) is 3.25. The van der Waals surface area contributed by atoms with Crippen molar-refractivity contribution in [1.82, 2.24) is 23.9 Å². The summed E-state index contributed by atoms with van der Waals surface area (Å²) in [7, 11) is -1.72. The highest BCUT2D eigenvalue weighted by atomic mass is 79.9. The van der Waals surface area contributed by atoms with Crippen LogP contribution in [0.2, 0.25) is 10.2 Å². The molecule has 8 nitrogen and oxygen atoms in total. The van der Waals surface area contributed by atoms with Crippen LogP contribution in [0.3, 0.4) is 0 Å². The number of nitrogens with zero attached hydrogens (tertiary/aromatic N) is 5. The van der Waals surface area contributed by atoms with Crippen LogP contribution in [0.15, 0.2) is 58.2 Å². The lowest BCUT2D eigenvalue weighted by Gasteiger charge is -2.32. The normalized spacial score (nSPS) is 16.9. The Morgan fingerprint density at radius 1 is 1.19 bits per heavy atom. The highest BCUT2D eigenvalue weighted by Crippen LogP contribution is 2.30. The lowest BCUT2D eigenvalue weighted by molar-refractivity contribution is 0.275. The monoisotopic (exact) mass is 606 g/mol. The molecule has 1 unspecified atom stereocenters. The quantitative estimate of drug-likeness (QED) is 0.266. The molecule has 0 radical (unpaired) electrons. The molecular weight excluding hydrogens is 586 g/mol. The molecule has 1 saturated heterocycles. The molecule has 0 aliphatic carbocycles. The molecule has 1 atom stereocenters. The fourth-order valence-electron chi connectivity index (χ4n) is 4.36. The summed E-state index contributed by atoms with van der Waals surface area (Å²) >= 11 is 15.7. The van der Waals surface area contributed by atoms with Gasteiger partial charge in [0.05, 0.1) is 10.2 Å². The van der Waals surface area contributed by atoms with Crippen LogP contribution in [0.4, 0.5) is 5.82 Å². The van der Waals surface area contributed by atoms with Gasteiger partial charge in [0, 0.05) is 48.7 Å². The lowest BCUT2D eigenvalue weighted by Crippen LogP contribution is -2.41. The van der Waals surface area contributed by atoms with E-state index in [2.05, 4.69) is 31.3 Å². The molecule has 0 amide bonds. The molecule has 1 aromatic carbocycles. The molecule has 36 heavy (non-hydrogen) atoms. The van der Waals surface area contributed by atoms with E-state index in [0.29, 0.717) is 29.1 Å². The van der Waals surface area contributed by atoms with Crippen LogP contribution in [-0.2, 0) is 10.0 Å². The van der Waals surface area contributed by atoms with Crippen molar-refractivity contribution in [3.8, 4) is 11.3 Å². The van der Waals surface area contributed by atoms with Gasteiger partial charge >= 0.3 is 0 Å². The molecule has 13 heteroatoms. The van der Waals surface area contributed by atoms with Gasteiger partial charge in [0.15, 0.2) is 5.65 Å². The summed E-state index contributed by atoms with van der Waals surface area (Å²) in [4.78, 5) is 8.89. The Morgan fingerprint density at radius 3 is 2.78 bits per heavy atom. The number of nitrogens with one attached hydrogen (secondary N) is 1. The van der Waals surface area contributed by atoms with Crippen molar-refractivity contribution in [1.29, 1.82) is 0 Å². The predicted molar refractivity (Wildman–Crippen MR) is 149 cm³/mol. The number of fused-ring (bicyclic) bond motifs is 1. The van der Waals surface area contributed by atoms with Crippen molar-refractivity contribution >= 4 is 73.9 Å². The Balaban J connectivity index is 1.37. The zero-order valence-corrected chi connectivity index (χ0v) is 23.2. The SMILES string of the molecule is Bc1cnn2c(NCC3CCCN(S(=O)(=O)c4cnc(Cl)c(Br)c4)C3)cc(-c3ccccc3Cl)nc12. The maximum Gasteiger partial charge on any atom is 0.244 e. The third kappa shape index (κ3) is 4.99. The molecule has 186 valence electrons. The first-order chi connectivity index (χ1) is 17.2. The summed E-state index contributed by atoms with van der Waals surface area (Å²) in [6.07, 6.45) is 4.75. The highest BCUT2D eigenvalue weighted by molar-refractivity contribution is 9.10. The average molecular weight is 608 g/mol. The first-order valence-electron chi connectivity index (χ1n) is 11.4. The molecule has 4 heterocycles. The van der Waals surface area contributed by atoms with Crippen molar-refractivity contribution in [2.24, 2.45) is 5.92 Å². The van der Waals surface area contributed by atoms with Gasteiger partial charge in [0.2, 0.25) is 10.0 Å². The van der Waals surface area contributed by atoms with E-state index in [1.165, 1.54) is 16.6 Å². The molecule has 0 spiro atoms. The predicted octanol–water partition coefficient (Wildman–Crippen LogP) is 3.63. The van der Waals surface area contributed by atoms with E-state index < -0.39 is 10.0 Å². The van der Waals surface area contributed by atoms with Gasteiger partial charge in [-0.15, -0.1) is 0 Å². The van der Waals surface area contributed by atoms with Crippen molar-refractivity contribution < 1.29 is 8.42 Å². The minimum absolute atomic E-state index is 0.112. The second-order valence-electron chi connectivity index (χ2n) is 8.77. The van der Waals surface area contributed by atoms with Gasteiger partial charge in [-0.2, -0.15) is 13.9 Å². The molecule has 4 aromatic rings. The lowest BCUT2D eigenvalue weighted by atomic mass is 9.99. The van der Waals surface area contributed by atoms with E-state index in [1.54, 1.807) is 10.7 Å². The standard InChI is InChI=1S/C23H22BBrCl2N6O2S/c24-17-12-30-33-21(9-20(31-23(17)33)16-5-1-2-6-19(16)26)28-10-14-4-3-7-32(13-14)36(34,35)15-8-18(25)22(27)29-11-15/h1-2,5-6,8-9,11-12,14,28H,3-4,7,10,13,24H2. The number of anilines is 1. The molecule has 3 aromatic heterocycles. The zero-order valence-electron chi connectivity index (χ0n) is 19.3. The van der Waals surface area contributed by atoms with E-state index in [1.807, 2.05) is 38.2 Å². The molecule has 0 bridgehead atoms. The van der Waals surface area contributed by atoms with Crippen LogP contribution in [-0.4, -0.2) is 59.8 Å². The van der Waals surface area contributed by atoms with Gasteiger partial charge in [-0.25, -0.2) is 18.4 Å². The van der Waals surface area contributed by atoms with E-state index >= 15 is 0 Å². The first-order valence-corrected chi connectivity index (χ1v) is 14.4. The third-order valence-corrected chi connectivity index (χ3v) is 9.55. The molecule has 5 rings (SSSR count). The number of piperidine rings is 1. The number of pyridine rings is 1. The third-order valence-electron chi connectivity index (χ3n) is 6.26. The smallest absolute Gasteiger partial charge is 0.244 e. The number of benzene rings is 1. The van der Waals surface area contributed by atoms with Gasteiger partial charge in [-0.05, 0) is 52.3 Å². The first kappa shape index (κ1) is 25.5. The van der Waals surface area contributed by atoms with E-state index in [9.17, 15) is 8.42 Å². The number of sulfonamides is 1. The summed E-state index contributed by atoms with van der Waals surface area (Å²) in [5.41, 5.74) is 3.27. The number of halogens is 3. The second kappa shape index (κ2) is 10.3. The van der Waals surface area contributed by atoms with E-state index in [4.69, 9.17) is 28.2 Å². The van der Waals surface area contributed by atoms with Gasteiger partial charge < -0.3 is 5.32 Å². The van der Waals surface area contributed by atoms with Crippen LogP contribution < -0.4 is 10.8 Å². The van der Waals surface area contributed by atoms with Crippen LogP contribution >= 0.6 is 39.1 Å². The fourth-order valence-corrected chi connectivity index (χ4v) is 6.72. The Hall–Kier alpha value is -2.18. The Bertz CT molecular complexity index is 1550. The molecule has 1 N–H and O–H groups in total. The number of rotatable bonds is 6. The molecule has 0 saturated carbocycles. The topological polar surface area (TPSA) is 92.5 Å². The summed E-state index contributed by atoms with van der Waals surface area (Å²) in [6.45, 7) is 1.45. The summed E-state index contributed by atoms with van der Waals surface area (Å²) in [5, 5.41) is 8.81. The van der Waals surface area contributed by atoms with Gasteiger partial charge in [0.25, 0.3) is 0 Å². The van der Waals surface area contributed by atoms with Crippen molar-refractivity contribution in [2.45, 2.75) is 17.7 Å². The maximum atomic E-state index is 13.2. The maximum absolute atomic E-state index is 13.2. The van der Waals surface area contributed by atoms with Crippen LogP contribution in [0.25, 0.3) is 16.9 Å². The van der Waals surface area contributed by atoms with E-state index in [0.717, 1.165) is 41.0 Å². The minimum atomic E-state index is -3.68. The molecular formula is C23H22BBrCl2N6O2S. The van der Waals surface area contributed by atoms with Gasteiger partial charge in [-0.1, -0.05) is 41.4 Å². The number of hydrogen-bond donors (Lipinski definition) is 1. The largest absolute Gasteiger partial charge is 0.370 e. The minimum Gasteiger partial charge on any atom is -0.370 e. The summed E-state index contributed by atoms with van der Waals surface area (Å²) < 4.78 is 30.2. The van der Waals surface area contributed by atoms with E-state index in [-0.39, 0.29) is 16.0 Å². The zero-order chi connectivity index (χ0) is 25.4. The Kier molecular flexibility index (Phi) is 7.29. The van der Waals surface area contributed by atoms with Crippen LogP contribution in [0.5, 0.6) is 0 Å². The molecule has 1 aliphatic heterocycles. The van der Waals surface area contributed by atoms with Crippen LogP contribution in [0, 0.1) is 5.92 Å². The van der Waals surface area contributed by atoms with Crippen molar-refractivity contribution in [3.05, 3.63) is 63.4 Å². The fraction of sp³-hybridized carbons (Fsp3) is 0.261. The summed E-state index contributed by atoms with van der Waals surface area (Å²) in [6, 6.07) is 11.0. The molecule has 1 fully saturated rings. The van der Waals surface area contributed by atoms with Crippen molar-refractivity contribution in [3.63, 3.8) is 0 Å². The number of aromatic nitrogens is 4. The van der Waals surface area contributed by atoms with Crippen molar-refractivity contribution in [2.75, 3.05) is 25.0 Å². The Morgan fingerprint density at radius 2 is 2.00 bits per heavy atom. The van der Waals surface area contributed by atoms with Gasteiger partial charge in [0.1, 0.15) is 23.7 Å². The van der Waals surface area contributed by atoms with Gasteiger partial charge in [-0.3, -0.25) is 0 Å². The highest BCUT2D eigenvalue weighted by Gasteiger charge is 2.31. The summed E-state index contributed by atoms with van der Waals surface area (Å²) in [5.74, 6) is 0.884. The van der Waals surface area contributed by atoms with Crippen LogP contribution in [0.1, 0.15) is 12.8 Å². The Labute approximate surface area is 228 Å².